The van der Waals surface area contributed by atoms with E-state index in [1.165, 1.54) is 6.42 Å². The zero-order valence-electron chi connectivity index (χ0n) is 11.3. The molecule has 1 aromatic rings. The maximum Gasteiger partial charge on any atom is 0.153 e. The zero-order valence-corrected chi connectivity index (χ0v) is 12.2. The van der Waals surface area contributed by atoms with E-state index >= 15 is 0 Å². The van der Waals surface area contributed by atoms with E-state index in [1.807, 2.05) is 30.3 Å². The van der Waals surface area contributed by atoms with E-state index < -0.39 is 9.84 Å². The fourth-order valence-electron chi connectivity index (χ4n) is 2.65. The van der Waals surface area contributed by atoms with Gasteiger partial charge in [-0.15, -0.1) is 0 Å². The van der Waals surface area contributed by atoms with Crippen LogP contribution in [-0.4, -0.2) is 26.0 Å². The number of sulfone groups is 1. The van der Waals surface area contributed by atoms with Gasteiger partial charge in [0.25, 0.3) is 0 Å². The van der Waals surface area contributed by atoms with Gasteiger partial charge in [-0.2, -0.15) is 0 Å². The molecule has 3 nitrogen and oxygen atoms in total. The number of hydrogen-bond donors (Lipinski definition) is 1. The van der Waals surface area contributed by atoms with Crippen molar-refractivity contribution in [3.63, 3.8) is 0 Å². The van der Waals surface area contributed by atoms with Crippen LogP contribution in [0.4, 0.5) is 5.69 Å². The maximum atomic E-state index is 12.2. The van der Waals surface area contributed by atoms with Crippen molar-refractivity contribution in [1.82, 2.24) is 0 Å². The summed E-state index contributed by atoms with van der Waals surface area (Å²) in [5.41, 5.74) is 1.05. The standard InChI is InChI=1S/C15H23NO2S/c17-19(18,15-10-5-2-6-11-15)13-7-12-16-14-8-3-1-4-9-14/h1,3-4,8-9,15-16H,2,5-7,10-13H2. The second-order valence-corrected chi connectivity index (χ2v) is 7.67. The molecule has 0 aliphatic heterocycles. The predicted molar refractivity (Wildman–Crippen MR) is 80.2 cm³/mol. The van der Waals surface area contributed by atoms with Gasteiger partial charge in [-0.3, -0.25) is 0 Å². The van der Waals surface area contributed by atoms with Crippen molar-refractivity contribution >= 4 is 15.5 Å². The van der Waals surface area contributed by atoms with Gasteiger partial charge in [0, 0.05) is 12.2 Å². The normalized spacial score (nSPS) is 17.3. The van der Waals surface area contributed by atoms with Crippen LogP contribution in [0.1, 0.15) is 38.5 Å². The first kappa shape index (κ1) is 14.4. The average Bonchev–Trinajstić information content (AvgIpc) is 2.46. The second-order valence-electron chi connectivity index (χ2n) is 5.27. The van der Waals surface area contributed by atoms with Gasteiger partial charge < -0.3 is 5.32 Å². The summed E-state index contributed by atoms with van der Waals surface area (Å²) in [6, 6.07) is 9.91. The van der Waals surface area contributed by atoms with Crippen LogP contribution in [0.25, 0.3) is 0 Å². The Bertz CT molecular complexity index is 464. The molecule has 19 heavy (non-hydrogen) atoms. The van der Waals surface area contributed by atoms with E-state index in [2.05, 4.69) is 5.32 Å². The first-order valence-corrected chi connectivity index (χ1v) is 8.90. The maximum absolute atomic E-state index is 12.2. The van der Waals surface area contributed by atoms with E-state index in [9.17, 15) is 8.42 Å². The lowest BCUT2D eigenvalue weighted by molar-refractivity contribution is 0.483. The molecule has 1 N–H and O–H groups in total. The topological polar surface area (TPSA) is 46.2 Å². The van der Waals surface area contributed by atoms with E-state index in [1.54, 1.807) is 0 Å². The molecule has 0 unspecified atom stereocenters. The van der Waals surface area contributed by atoms with E-state index in [0.29, 0.717) is 12.2 Å². The van der Waals surface area contributed by atoms with E-state index in [0.717, 1.165) is 37.9 Å². The van der Waals surface area contributed by atoms with Crippen LogP contribution in [0.2, 0.25) is 0 Å². The number of benzene rings is 1. The molecule has 2 rings (SSSR count). The fraction of sp³-hybridized carbons (Fsp3) is 0.600. The molecular weight excluding hydrogens is 258 g/mol. The van der Waals surface area contributed by atoms with Gasteiger partial charge in [0.2, 0.25) is 0 Å². The fourth-order valence-corrected chi connectivity index (χ4v) is 4.58. The van der Waals surface area contributed by atoms with E-state index in [-0.39, 0.29) is 5.25 Å². The summed E-state index contributed by atoms with van der Waals surface area (Å²) in [7, 11) is -2.88. The number of rotatable bonds is 6. The molecule has 4 heteroatoms. The van der Waals surface area contributed by atoms with Gasteiger partial charge >= 0.3 is 0 Å². The molecule has 1 aromatic carbocycles. The Labute approximate surface area is 116 Å². The first-order chi connectivity index (χ1) is 9.18. The second kappa shape index (κ2) is 6.94. The largest absolute Gasteiger partial charge is 0.385 e. The van der Waals surface area contributed by atoms with Gasteiger partial charge in [0.05, 0.1) is 11.0 Å². The van der Waals surface area contributed by atoms with Crippen molar-refractivity contribution < 1.29 is 8.42 Å². The van der Waals surface area contributed by atoms with Gasteiger partial charge in [0.15, 0.2) is 9.84 Å². The monoisotopic (exact) mass is 281 g/mol. The molecule has 0 bridgehead atoms. The summed E-state index contributed by atoms with van der Waals surface area (Å²) in [5, 5.41) is 3.18. The van der Waals surface area contributed by atoms with Crippen molar-refractivity contribution in [3.05, 3.63) is 30.3 Å². The number of nitrogens with one attached hydrogen (secondary N) is 1. The molecule has 0 saturated heterocycles. The smallest absolute Gasteiger partial charge is 0.153 e. The Balaban J connectivity index is 1.72. The quantitative estimate of drug-likeness (QED) is 0.814. The molecule has 0 aromatic heterocycles. The number of anilines is 1. The van der Waals surface area contributed by atoms with Crippen molar-refractivity contribution in [1.29, 1.82) is 0 Å². The average molecular weight is 281 g/mol. The van der Waals surface area contributed by atoms with Gasteiger partial charge in [-0.05, 0) is 31.4 Å². The van der Waals surface area contributed by atoms with Crippen LogP contribution >= 0.6 is 0 Å². The third kappa shape index (κ3) is 4.53. The van der Waals surface area contributed by atoms with Gasteiger partial charge in [-0.25, -0.2) is 8.42 Å². The minimum absolute atomic E-state index is 0.0713. The zero-order chi connectivity index (χ0) is 13.6. The lowest BCUT2D eigenvalue weighted by atomic mass is 10.0. The van der Waals surface area contributed by atoms with E-state index in [4.69, 9.17) is 0 Å². The summed E-state index contributed by atoms with van der Waals surface area (Å²) in [5.74, 6) is 0.317. The minimum atomic E-state index is -2.88. The highest BCUT2D eigenvalue weighted by Crippen LogP contribution is 2.24. The summed E-state index contributed by atoms with van der Waals surface area (Å²) >= 11 is 0. The molecular formula is C15H23NO2S. The van der Waals surface area contributed by atoms with Crippen LogP contribution in [0.3, 0.4) is 0 Å². The third-order valence-corrected chi connectivity index (χ3v) is 6.11. The predicted octanol–water partition coefficient (Wildman–Crippen LogP) is 3.24. The molecule has 0 amide bonds. The molecule has 1 aliphatic carbocycles. The molecule has 0 atom stereocenters. The van der Waals surface area contributed by atoms with Crippen molar-refractivity contribution in [3.8, 4) is 0 Å². The highest BCUT2D eigenvalue weighted by Gasteiger charge is 2.26. The van der Waals surface area contributed by atoms with Gasteiger partial charge in [0.1, 0.15) is 0 Å². The molecule has 1 fully saturated rings. The Morgan fingerprint density at radius 2 is 1.74 bits per heavy atom. The Hall–Kier alpha value is -1.03. The Morgan fingerprint density at radius 3 is 2.42 bits per heavy atom. The lowest BCUT2D eigenvalue weighted by Crippen LogP contribution is -2.27. The summed E-state index contributed by atoms with van der Waals surface area (Å²) in [6.45, 7) is 0.718. The van der Waals surface area contributed by atoms with Crippen molar-refractivity contribution in [2.45, 2.75) is 43.8 Å². The van der Waals surface area contributed by atoms with Crippen LogP contribution < -0.4 is 5.32 Å². The Kier molecular flexibility index (Phi) is 5.25. The molecule has 0 spiro atoms. The highest BCUT2D eigenvalue weighted by atomic mass is 32.2. The SMILES string of the molecule is O=S(=O)(CCCNc1ccccc1)C1CCCCC1. The van der Waals surface area contributed by atoms with Gasteiger partial charge in [-0.1, -0.05) is 37.5 Å². The van der Waals surface area contributed by atoms with Crippen molar-refractivity contribution in [2.75, 3.05) is 17.6 Å². The van der Waals surface area contributed by atoms with Crippen LogP contribution in [-0.2, 0) is 9.84 Å². The first-order valence-electron chi connectivity index (χ1n) is 7.19. The molecule has 1 aliphatic rings. The molecule has 0 radical (unpaired) electrons. The molecule has 1 saturated carbocycles. The summed E-state index contributed by atoms with van der Waals surface area (Å²) in [4.78, 5) is 0. The summed E-state index contributed by atoms with van der Waals surface area (Å²) < 4.78 is 24.3. The third-order valence-electron chi connectivity index (χ3n) is 3.77. The Morgan fingerprint density at radius 1 is 1.05 bits per heavy atom. The lowest BCUT2D eigenvalue weighted by Gasteiger charge is -2.21. The minimum Gasteiger partial charge on any atom is -0.385 e. The van der Waals surface area contributed by atoms with Crippen LogP contribution in [0.15, 0.2) is 30.3 Å². The van der Waals surface area contributed by atoms with Crippen molar-refractivity contribution in [2.24, 2.45) is 0 Å². The number of hydrogen-bond acceptors (Lipinski definition) is 3. The molecule has 106 valence electrons. The molecule has 0 heterocycles. The van der Waals surface area contributed by atoms with Crippen LogP contribution in [0.5, 0.6) is 0 Å². The van der Waals surface area contributed by atoms with Crippen LogP contribution in [0, 0.1) is 0 Å². The number of para-hydroxylation sites is 1. The summed E-state index contributed by atoms with van der Waals surface area (Å²) in [6.07, 6.45) is 5.77. The highest BCUT2D eigenvalue weighted by molar-refractivity contribution is 7.92.